The number of carbonyl (C=O) groups is 1. The highest BCUT2D eigenvalue weighted by atomic mass is 35.5. The zero-order chi connectivity index (χ0) is 15.4. The van der Waals surface area contributed by atoms with Crippen LogP contribution in [0.2, 0.25) is 10.0 Å². The molecule has 0 aliphatic heterocycles. The van der Waals surface area contributed by atoms with Crippen LogP contribution in [-0.4, -0.2) is 12.0 Å². The molecule has 0 aliphatic carbocycles. The number of halogens is 2. The zero-order valence-corrected chi connectivity index (χ0v) is 13.2. The van der Waals surface area contributed by atoms with Crippen LogP contribution in [0.5, 0.6) is 5.75 Å². The predicted octanol–water partition coefficient (Wildman–Crippen LogP) is 4.71. The van der Waals surface area contributed by atoms with Gasteiger partial charge in [0.1, 0.15) is 5.75 Å². The summed E-state index contributed by atoms with van der Waals surface area (Å²) in [7, 11) is 0. The van der Waals surface area contributed by atoms with Gasteiger partial charge < -0.3 is 10.1 Å². The summed E-state index contributed by atoms with van der Waals surface area (Å²) in [4.78, 5) is 12.1. The lowest BCUT2D eigenvalue weighted by molar-refractivity contribution is -0.122. The van der Waals surface area contributed by atoms with Gasteiger partial charge in [-0.25, -0.2) is 0 Å². The Hall–Kier alpha value is -1.71. The number of hydrogen-bond acceptors (Lipinski definition) is 2. The summed E-state index contributed by atoms with van der Waals surface area (Å²) < 4.78 is 5.57. The molecule has 0 aliphatic rings. The van der Waals surface area contributed by atoms with Crippen molar-refractivity contribution >= 4 is 34.8 Å². The molecule has 5 heteroatoms. The van der Waals surface area contributed by atoms with Crippen LogP contribution < -0.4 is 10.1 Å². The maximum atomic E-state index is 12.1. The summed E-state index contributed by atoms with van der Waals surface area (Å²) in [5, 5.41) is 3.72. The maximum Gasteiger partial charge on any atom is 0.265 e. The van der Waals surface area contributed by atoms with Crippen molar-refractivity contribution in [2.75, 3.05) is 5.32 Å². The molecule has 0 saturated heterocycles. The van der Waals surface area contributed by atoms with Crippen molar-refractivity contribution in [1.29, 1.82) is 0 Å². The molecule has 1 amide bonds. The van der Waals surface area contributed by atoms with Crippen LogP contribution in [0.25, 0.3) is 0 Å². The van der Waals surface area contributed by atoms with E-state index in [1.807, 2.05) is 31.2 Å². The van der Waals surface area contributed by atoms with Crippen LogP contribution in [-0.2, 0) is 4.79 Å². The van der Waals surface area contributed by atoms with Crippen LogP contribution in [0.1, 0.15) is 12.5 Å². The Labute approximate surface area is 133 Å². The third kappa shape index (κ3) is 4.13. The molecule has 0 saturated carbocycles. The molecule has 1 atom stereocenters. The minimum atomic E-state index is -0.678. The molecule has 0 heterocycles. The number of anilines is 1. The van der Waals surface area contributed by atoms with Gasteiger partial charge in [-0.2, -0.15) is 0 Å². The second-order valence-electron chi connectivity index (χ2n) is 4.64. The summed E-state index contributed by atoms with van der Waals surface area (Å²) in [6.07, 6.45) is -0.678. The van der Waals surface area contributed by atoms with Crippen LogP contribution in [0.4, 0.5) is 5.69 Å². The minimum absolute atomic E-state index is 0.240. The summed E-state index contributed by atoms with van der Waals surface area (Å²) in [6, 6.07) is 12.4. The first-order valence-electron chi connectivity index (χ1n) is 6.45. The molecule has 2 rings (SSSR count). The molecule has 1 unspecified atom stereocenters. The topological polar surface area (TPSA) is 38.3 Å². The van der Waals surface area contributed by atoms with Gasteiger partial charge in [-0.15, -0.1) is 0 Å². The van der Waals surface area contributed by atoms with E-state index in [-0.39, 0.29) is 5.91 Å². The molecule has 110 valence electrons. The van der Waals surface area contributed by atoms with Crippen molar-refractivity contribution in [2.45, 2.75) is 20.0 Å². The van der Waals surface area contributed by atoms with E-state index in [1.165, 1.54) is 0 Å². The number of rotatable bonds is 4. The van der Waals surface area contributed by atoms with Crippen LogP contribution >= 0.6 is 23.2 Å². The quantitative estimate of drug-likeness (QED) is 0.885. The van der Waals surface area contributed by atoms with Crippen molar-refractivity contribution in [1.82, 2.24) is 0 Å². The molecule has 0 spiro atoms. The second kappa shape index (κ2) is 6.83. The third-order valence-electron chi connectivity index (χ3n) is 2.97. The third-order valence-corrected chi connectivity index (χ3v) is 3.50. The van der Waals surface area contributed by atoms with E-state index in [2.05, 4.69) is 5.32 Å². The van der Waals surface area contributed by atoms with Crippen LogP contribution in [0.15, 0.2) is 42.5 Å². The molecule has 0 aromatic heterocycles. The van der Waals surface area contributed by atoms with Gasteiger partial charge >= 0.3 is 0 Å². The number of para-hydroxylation sites is 1. The number of aryl methyl sites for hydroxylation is 1. The number of hydrogen-bond donors (Lipinski definition) is 1. The van der Waals surface area contributed by atoms with Gasteiger partial charge in [0.2, 0.25) is 0 Å². The summed E-state index contributed by atoms with van der Waals surface area (Å²) >= 11 is 11.8. The highest BCUT2D eigenvalue weighted by Crippen LogP contribution is 2.28. The van der Waals surface area contributed by atoms with Gasteiger partial charge in [-0.05, 0) is 43.7 Å². The standard InChI is InChI=1S/C16H15Cl2NO2/c1-10-5-3-4-6-14(10)19-16(20)11(2)21-15-8-7-12(17)9-13(15)18/h3-9,11H,1-2H3,(H,19,20). The summed E-state index contributed by atoms with van der Waals surface area (Å²) in [6.45, 7) is 3.59. The van der Waals surface area contributed by atoms with Gasteiger partial charge in [0.15, 0.2) is 6.10 Å². The fraction of sp³-hybridized carbons (Fsp3) is 0.188. The lowest BCUT2D eigenvalue weighted by Crippen LogP contribution is -2.30. The van der Waals surface area contributed by atoms with Gasteiger partial charge in [-0.1, -0.05) is 41.4 Å². The molecule has 21 heavy (non-hydrogen) atoms. The highest BCUT2D eigenvalue weighted by Gasteiger charge is 2.17. The van der Waals surface area contributed by atoms with Crippen molar-refractivity contribution in [3.63, 3.8) is 0 Å². The number of ether oxygens (including phenoxy) is 1. The Morgan fingerprint density at radius 1 is 1.19 bits per heavy atom. The van der Waals surface area contributed by atoms with E-state index in [4.69, 9.17) is 27.9 Å². The van der Waals surface area contributed by atoms with E-state index in [9.17, 15) is 4.79 Å². The van der Waals surface area contributed by atoms with Crippen LogP contribution in [0.3, 0.4) is 0 Å². The SMILES string of the molecule is Cc1ccccc1NC(=O)C(C)Oc1ccc(Cl)cc1Cl. The normalized spacial score (nSPS) is 11.8. The average molecular weight is 324 g/mol. The van der Waals surface area contributed by atoms with Gasteiger partial charge in [-0.3, -0.25) is 4.79 Å². The maximum absolute atomic E-state index is 12.1. The minimum Gasteiger partial charge on any atom is -0.479 e. The lowest BCUT2D eigenvalue weighted by atomic mass is 10.2. The average Bonchev–Trinajstić information content (AvgIpc) is 2.44. The van der Waals surface area contributed by atoms with Gasteiger partial charge in [0.05, 0.1) is 5.02 Å². The predicted molar refractivity (Wildman–Crippen MR) is 86.4 cm³/mol. The van der Waals surface area contributed by atoms with Gasteiger partial charge in [0.25, 0.3) is 5.91 Å². The molecular formula is C16H15Cl2NO2. The molecular weight excluding hydrogens is 309 g/mol. The van der Waals surface area contributed by atoms with E-state index in [0.29, 0.717) is 15.8 Å². The number of amides is 1. The molecule has 2 aromatic rings. The van der Waals surface area contributed by atoms with Gasteiger partial charge in [0, 0.05) is 10.7 Å². The lowest BCUT2D eigenvalue weighted by Gasteiger charge is -2.16. The summed E-state index contributed by atoms with van der Waals surface area (Å²) in [5.41, 5.74) is 1.75. The molecule has 3 nitrogen and oxygen atoms in total. The number of carbonyl (C=O) groups excluding carboxylic acids is 1. The van der Waals surface area contributed by atoms with E-state index >= 15 is 0 Å². The van der Waals surface area contributed by atoms with Crippen molar-refractivity contribution in [3.8, 4) is 5.75 Å². The second-order valence-corrected chi connectivity index (χ2v) is 5.48. The largest absolute Gasteiger partial charge is 0.479 e. The highest BCUT2D eigenvalue weighted by molar-refractivity contribution is 6.35. The van der Waals surface area contributed by atoms with Crippen LogP contribution in [0, 0.1) is 6.92 Å². The number of benzene rings is 2. The Morgan fingerprint density at radius 2 is 1.90 bits per heavy atom. The first-order chi connectivity index (χ1) is 9.97. The number of nitrogens with one attached hydrogen (secondary N) is 1. The fourth-order valence-electron chi connectivity index (χ4n) is 1.76. The molecule has 0 radical (unpaired) electrons. The molecule has 1 N–H and O–H groups in total. The van der Waals surface area contributed by atoms with E-state index in [1.54, 1.807) is 25.1 Å². The Bertz CT molecular complexity index is 658. The monoisotopic (exact) mass is 323 g/mol. The smallest absolute Gasteiger partial charge is 0.265 e. The first kappa shape index (κ1) is 15.7. The molecule has 0 bridgehead atoms. The first-order valence-corrected chi connectivity index (χ1v) is 7.21. The molecule has 0 fully saturated rings. The Kier molecular flexibility index (Phi) is 5.10. The van der Waals surface area contributed by atoms with E-state index in [0.717, 1.165) is 11.3 Å². The zero-order valence-electron chi connectivity index (χ0n) is 11.7. The Morgan fingerprint density at radius 3 is 2.57 bits per heavy atom. The van der Waals surface area contributed by atoms with Crippen molar-refractivity contribution < 1.29 is 9.53 Å². The fourth-order valence-corrected chi connectivity index (χ4v) is 2.22. The van der Waals surface area contributed by atoms with Crippen molar-refractivity contribution in [2.24, 2.45) is 0 Å². The van der Waals surface area contributed by atoms with Crippen molar-refractivity contribution in [3.05, 3.63) is 58.1 Å². The Balaban J connectivity index is 2.04. The summed E-state index contributed by atoms with van der Waals surface area (Å²) in [5.74, 6) is 0.184. The van der Waals surface area contributed by atoms with E-state index < -0.39 is 6.10 Å². The molecule has 2 aromatic carbocycles.